The zero-order chi connectivity index (χ0) is 13.5. The Morgan fingerprint density at radius 3 is 2.78 bits per heavy atom. The van der Waals surface area contributed by atoms with Crippen molar-refractivity contribution in [3.8, 4) is 0 Å². The van der Waals surface area contributed by atoms with Gasteiger partial charge in [0, 0.05) is 10.0 Å². The van der Waals surface area contributed by atoms with Crippen LogP contribution in [0.25, 0.3) is 0 Å². The Hall–Kier alpha value is -1.01. The van der Waals surface area contributed by atoms with E-state index in [-0.39, 0.29) is 6.04 Å². The van der Waals surface area contributed by atoms with Crippen LogP contribution in [0.4, 0.5) is 0 Å². The Morgan fingerprint density at radius 1 is 1.50 bits per heavy atom. The molecule has 1 unspecified atom stereocenters. The molecule has 1 aromatic rings. The molecule has 0 radical (unpaired) electrons. The highest BCUT2D eigenvalue weighted by Crippen LogP contribution is 2.30. The molecule has 1 aromatic carbocycles. The van der Waals surface area contributed by atoms with E-state index in [2.05, 4.69) is 10.4 Å². The van der Waals surface area contributed by atoms with Gasteiger partial charge in [-0.1, -0.05) is 29.3 Å². The van der Waals surface area contributed by atoms with Crippen LogP contribution in [-0.4, -0.2) is 25.0 Å². The first-order valence-corrected chi connectivity index (χ1v) is 6.23. The van der Waals surface area contributed by atoms with Gasteiger partial charge in [0.2, 0.25) is 0 Å². The summed E-state index contributed by atoms with van der Waals surface area (Å²) < 4.78 is 0. The number of hydrazone groups is 1. The number of nitrogens with two attached hydrogens (primary N) is 2. The summed E-state index contributed by atoms with van der Waals surface area (Å²) in [5.74, 6) is 5.84. The van der Waals surface area contributed by atoms with Crippen molar-refractivity contribution in [3.63, 3.8) is 0 Å². The fourth-order valence-electron chi connectivity index (χ4n) is 1.64. The minimum Gasteiger partial charge on any atom is -0.388 e. The van der Waals surface area contributed by atoms with Gasteiger partial charge in [-0.05, 0) is 37.7 Å². The predicted molar refractivity (Wildman–Crippen MR) is 76.5 cm³/mol. The summed E-state index contributed by atoms with van der Waals surface area (Å²) >= 11 is 12.1. The van der Waals surface area contributed by atoms with E-state index in [1.165, 1.54) is 5.12 Å². The molecule has 0 aliphatic heterocycles. The van der Waals surface area contributed by atoms with E-state index in [4.69, 9.17) is 34.8 Å². The van der Waals surface area contributed by atoms with Crippen molar-refractivity contribution in [2.75, 3.05) is 13.6 Å². The van der Waals surface area contributed by atoms with Crippen LogP contribution in [0.15, 0.2) is 23.3 Å². The molecule has 1 rings (SSSR count). The van der Waals surface area contributed by atoms with E-state index in [9.17, 15) is 0 Å². The van der Waals surface area contributed by atoms with Crippen LogP contribution in [0, 0.1) is 0 Å². The Morgan fingerprint density at radius 2 is 2.22 bits per heavy atom. The standard InChI is InChI=1S/C11H17Cl2N5/c1-16-5-4-11(18(15)17-7-14)9-3-2-8(12)6-10(9)13/h2-3,6-7,11,16H,4-5,15H2,1H3,(H2,14,17). The lowest BCUT2D eigenvalue weighted by Crippen LogP contribution is -2.33. The highest BCUT2D eigenvalue weighted by Gasteiger charge is 2.19. The first-order valence-electron chi connectivity index (χ1n) is 5.47. The lowest BCUT2D eigenvalue weighted by Gasteiger charge is -2.25. The van der Waals surface area contributed by atoms with Gasteiger partial charge in [0.15, 0.2) is 0 Å². The SMILES string of the molecule is CNCCC(c1ccc(Cl)cc1Cl)N(N)/N=C\N. The maximum atomic E-state index is 6.18. The van der Waals surface area contributed by atoms with Crippen LogP contribution in [0.3, 0.4) is 0 Å². The summed E-state index contributed by atoms with van der Waals surface area (Å²) in [5, 5.41) is 9.37. The van der Waals surface area contributed by atoms with Crippen molar-refractivity contribution in [2.45, 2.75) is 12.5 Å². The zero-order valence-corrected chi connectivity index (χ0v) is 11.6. The van der Waals surface area contributed by atoms with E-state index in [0.717, 1.165) is 24.9 Å². The van der Waals surface area contributed by atoms with Gasteiger partial charge in [0.25, 0.3) is 0 Å². The summed E-state index contributed by atoms with van der Waals surface area (Å²) in [5.41, 5.74) is 6.12. The van der Waals surface area contributed by atoms with Crippen molar-refractivity contribution >= 4 is 29.5 Å². The van der Waals surface area contributed by atoms with E-state index >= 15 is 0 Å². The molecule has 0 amide bonds. The Labute approximate surface area is 117 Å². The van der Waals surface area contributed by atoms with E-state index in [1.54, 1.807) is 12.1 Å². The molecule has 1 atom stereocenters. The topological polar surface area (TPSA) is 79.7 Å². The number of rotatable bonds is 6. The molecule has 0 aromatic heterocycles. The lowest BCUT2D eigenvalue weighted by molar-refractivity contribution is 0.201. The van der Waals surface area contributed by atoms with Gasteiger partial charge in [-0.2, -0.15) is 5.10 Å². The highest BCUT2D eigenvalue weighted by molar-refractivity contribution is 6.35. The molecule has 100 valence electrons. The number of nitrogens with zero attached hydrogens (tertiary/aromatic N) is 2. The monoisotopic (exact) mass is 289 g/mol. The molecule has 18 heavy (non-hydrogen) atoms. The quantitative estimate of drug-likeness (QED) is 0.322. The maximum Gasteiger partial charge on any atom is 0.107 e. The molecule has 0 heterocycles. The summed E-state index contributed by atoms with van der Waals surface area (Å²) in [6.07, 6.45) is 1.89. The molecule has 0 spiro atoms. The van der Waals surface area contributed by atoms with Crippen LogP contribution in [0.5, 0.6) is 0 Å². The van der Waals surface area contributed by atoms with Gasteiger partial charge in [-0.25, -0.2) is 11.0 Å². The highest BCUT2D eigenvalue weighted by atomic mass is 35.5. The first-order chi connectivity index (χ1) is 8.60. The van der Waals surface area contributed by atoms with E-state index in [0.29, 0.717) is 10.0 Å². The van der Waals surface area contributed by atoms with Crippen LogP contribution < -0.4 is 16.9 Å². The molecular formula is C11H17Cl2N5. The molecule has 0 saturated heterocycles. The molecule has 5 N–H and O–H groups in total. The van der Waals surface area contributed by atoms with Crippen LogP contribution in [0.2, 0.25) is 10.0 Å². The van der Waals surface area contributed by atoms with Gasteiger partial charge in [0.05, 0.1) is 6.04 Å². The fourth-order valence-corrected chi connectivity index (χ4v) is 2.17. The number of nitrogens with one attached hydrogen (secondary N) is 1. The lowest BCUT2D eigenvalue weighted by atomic mass is 10.0. The molecule has 0 saturated carbocycles. The third-order valence-electron chi connectivity index (χ3n) is 2.51. The first kappa shape index (κ1) is 15.0. The van der Waals surface area contributed by atoms with Gasteiger partial charge in [-0.15, -0.1) is 0 Å². The second kappa shape index (κ2) is 7.43. The van der Waals surface area contributed by atoms with E-state index < -0.39 is 0 Å². The predicted octanol–water partition coefficient (Wildman–Crippen LogP) is 1.72. The third-order valence-corrected chi connectivity index (χ3v) is 3.07. The Bertz CT molecular complexity index is 410. The average molecular weight is 290 g/mol. The number of hydrazine groups is 1. The van der Waals surface area contributed by atoms with Crippen molar-refractivity contribution < 1.29 is 0 Å². The zero-order valence-electron chi connectivity index (χ0n) is 10.1. The van der Waals surface area contributed by atoms with Gasteiger partial charge in [-0.3, -0.25) is 0 Å². The smallest absolute Gasteiger partial charge is 0.107 e. The van der Waals surface area contributed by atoms with Crippen LogP contribution in [0.1, 0.15) is 18.0 Å². The minimum absolute atomic E-state index is 0.165. The van der Waals surface area contributed by atoms with Crippen LogP contribution in [-0.2, 0) is 0 Å². The summed E-state index contributed by atoms with van der Waals surface area (Å²) in [4.78, 5) is 0. The van der Waals surface area contributed by atoms with Crippen molar-refractivity contribution in [1.29, 1.82) is 0 Å². The van der Waals surface area contributed by atoms with E-state index in [1.807, 2.05) is 13.1 Å². The second-order valence-corrected chi connectivity index (χ2v) is 4.56. The van der Waals surface area contributed by atoms with Gasteiger partial charge >= 0.3 is 0 Å². The Balaban J connectivity index is 3.00. The van der Waals surface area contributed by atoms with Crippen molar-refractivity contribution in [2.24, 2.45) is 16.7 Å². The average Bonchev–Trinajstić information content (AvgIpc) is 2.32. The molecule has 7 heteroatoms. The second-order valence-electron chi connectivity index (χ2n) is 3.72. The largest absolute Gasteiger partial charge is 0.388 e. The molecule has 0 aliphatic rings. The normalized spacial score (nSPS) is 12.9. The molecule has 0 bridgehead atoms. The number of halogens is 2. The van der Waals surface area contributed by atoms with Crippen molar-refractivity contribution in [1.82, 2.24) is 10.4 Å². The fraction of sp³-hybridized carbons (Fsp3) is 0.364. The van der Waals surface area contributed by atoms with Crippen LogP contribution >= 0.6 is 23.2 Å². The van der Waals surface area contributed by atoms with Gasteiger partial charge < -0.3 is 11.1 Å². The van der Waals surface area contributed by atoms with Crippen molar-refractivity contribution in [3.05, 3.63) is 33.8 Å². The number of hydrogen-bond donors (Lipinski definition) is 3. The van der Waals surface area contributed by atoms with Gasteiger partial charge in [0.1, 0.15) is 6.34 Å². The molecule has 0 aliphatic carbocycles. The molecule has 5 nitrogen and oxygen atoms in total. The summed E-state index contributed by atoms with van der Waals surface area (Å²) in [6, 6.07) is 5.14. The number of hydrogen-bond acceptors (Lipinski definition) is 4. The molecular weight excluding hydrogens is 273 g/mol. The minimum atomic E-state index is -0.165. The Kier molecular flexibility index (Phi) is 6.21. The summed E-state index contributed by atoms with van der Waals surface area (Å²) in [7, 11) is 1.87. The molecule has 0 fully saturated rings. The summed E-state index contributed by atoms with van der Waals surface area (Å²) in [6.45, 7) is 0.775. The maximum absolute atomic E-state index is 6.18. The third kappa shape index (κ3) is 4.03. The number of benzene rings is 1.